The number of nitrogens with one attached hydrogen (secondary N) is 1. The third-order valence-corrected chi connectivity index (χ3v) is 4.05. The van der Waals surface area contributed by atoms with E-state index >= 15 is 0 Å². The fourth-order valence-electron chi connectivity index (χ4n) is 3.01. The number of halogens is 1. The SMILES string of the molecule is CBr.c1ccc(COc2cc3c(c4ccccc24)CCN3)cc1. The number of fused-ring (bicyclic) bond motifs is 3. The van der Waals surface area contributed by atoms with Gasteiger partial charge in [-0.05, 0) is 28.8 Å². The molecule has 118 valence electrons. The van der Waals surface area contributed by atoms with Gasteiger partial charge in [0.05, 0.1) is 0 Å². The monoisotopic (exact) mass is 369 g/mol. The highest BCUT2D eigenvalue weighted by Gasteiger charge is 2.16. The van der Waals surface area contributed by atoms with Crippen LogP contribution in [0.25, 0.3) is 10.8 Å². The normalized spacial score (nSPS) is 12.1. The van der Waals surface area contributed by atoms with Gasteiger partial charge < -0.3 is 10.1 Å². The van der Waals surface area contributed by atoms with Gasteiger partial charge in [-0.3, -0.25) is 0 Å². The van der Waals surface area contributed by atoms with Gasteiger partial charge in [0, 0.05) is 23.7 Å². The predicted molar refractivity (Wildman–Crippen MR) is 102 cm³/mol. The zero-order valence-electron chi connectivity index (χ0n) is 13.2. The molecular weight excluding hydrogens is 350 g/mol. The number of rotatable bonds is 3. The number of hydrogen-bond donors (Lipinski definition) is 1. The highest BCUT2D eigenvalue weighted by Crippen LogP contribution is 2.37. The standard InChI is InChI=1S/C19H17NO.CH3Br/c1-2-6-14(7-3-1)13-21-19-12-18-16(10-11-20-18)15-8-4-5-9-17(15)19;1-2/h1-9,12,20H,10-11,13H2;1H3. The maximum absolute atomic E-state index is 6.09. The Morgan fingerprint density at radius 3 is 2.43 bits per heavy atom. The molecule has 4 rings (SSSR count). The molecule has 0 amide bonds. The minimum atomic E-state index is 0.601. The molecule has 0 fully saturated rings. The third kappa shape index (κ3) is 3.35. The second-order valence-corrected chi connectivity index (χ2v) is 5.40. The summed E-state index contributed by atoms with van der Waals surface area (Å²) in [5.74, 6) is 2.77. The first-order valence-corrected chi connectivity index (χ1v) is 9.33. The predicted octanol–water partition coefficient (Wildman–Crippen LogP) is 5.40. The zero-order chi connectivity index (χ0) is 16.1. The Labute approximate surface area is 145 Å². The maximum Gasteiger partial charge on any atom is 0.129 e. The van der Waals surface area contributed by atoms with Crippen LogP contribution in [0.5, 0.6) is 5.75 Å². The van der Waals surface area contributed by atoms with Crippen LogP contribution in [0.1, 0.15) is 11.1 Å². The molecule has 2 nitrogen and oxygen atoms in total. The van der Waals surface area contributed by atoms with Gasteiger partial charge in [-0.15, -0.1) is 0 Å². The number of benzene rings is 3. The van der Waals surface area contributed by atoms with E-state index in [1.165, 1.54) is 27.6 Å². The fourth-order valence-corrected chi connectivity index (χ4v) is 3.01. The summed E-state index contributed by atoms with van der Waals surface area (Å²) in [6.45, 7) is 1.62. The summed E-state index contributed by atoms with van der Waals surface area (Å²) < 4.78 is 6.09. The minimum absolute atomic E-state index is 0.601. The van der Waals surface area contributed by atoms with E-state index in [1.807, 2.05) is 24.0 Å². The van der Waals surface area contributed by atoms with Gasteiger partial charge >= 0.3 is 0 Å². The van der Waals surface area contributed by atoms with Crippen LogP contribution >= 0.6 is 15.9 Å². The van der Waals surface area contributed by atoms with Gasteiger partial charge in [0.2, 0.25) is 0 Å². The Hall–Kier alpha value is -2.00. The molecule has 3 aromatic carbocycles. The Morgan fingerprint density at radius 2 is 1.65 bits per heavy atom. The molecule has 0 aliphatic carbocycles. The molecule has 0 saturated carbocycles. The Balaban J connectivity index is 0.000000753. The molecule has 1 heterocycles. The van der Waals surface area contributed by atoms with Gasteiger partial charge in [0.1, 0.15) is 12.4 Å². The summed E-state index contributed by atoms with van der Waals surface area (Å²) in [6.07, 6.45) is 1.09. The summed E-state index contributed by atoms with van der Waals surface area (Å²) in [6, 6.07) is 21.0. The lowest BCUT2D eigenvalue weighted by Crippen LogP contribution is -1.97. The van der Waals surface area contributed by atoms with Gasteiger partial charge in [0.15, 0.2) is 0 Å². The highest BCUT2D eigenvalue weighted by atomic mass is 79.9. The average molecular weight is 370 g/mol. The molecule has 1 aliphatic heterocycles. The van der Waals surface area contributed by atoms with Gasteiger partial charge in [-0.1, -0.05) is 70.5 Å². The van der Waals surface area contributed by atoms with E-state index in [0.717, 1.165) is 18.7 Å². The van der Waals surface area contributed by atoms with E-state index in [2.05, 4.69) is 63.7 Å². The van der Waals surface area contributed by atoms with Crippen molar-refractivity contribution in [3.8, 4) is 5.75 Å². The Bertz CT molecular complexity index is 786. The van der Waals surface area contributed by atoms with E-state index < -0.39 is 0 Å². The smallest absolute Gasteiger partial charge is 0.129 e. The minimum Gasteiger partial charge on any atom is -0.488 e. The maximum atomic E-state index is 6.09. The van der Waals surface area contributed by atoms with E-state index in [9.17, 15) is 0 Å². The highest BCUT2D eigenvalue weighted by molar-refractivity contribution is 9.08. The molecule has 3 heteroatoms. The Kier molecular flexibility index (Phi) is 5.19. The molecule has 0 atom stereocenters. The van der Waals surface area contributed by atoms with Crippen LogP contribution in [-0.4, -0.2) is 12.4 Å². The molecule has 0 bridgehead atoms. The molecule has 3 aromatic rings. The molecule has 23 heavy (non-hydrogen) atoms. The summed E-state index contributed by atoms with van der Waals surface area (Å²) in [5.41, 5.74) is 3.82. The van der Waals surface area contributed by atoms with Crippen molar-refractivity contribution < 1.29 is 4.74 Å². The molecule has 0 aromatic heterocycles. The van der Waals surface area contributed by atoms with Crippen molar-refractivity contribution in [2.24, 2.45) is 0 Å². The second-order valence-electron chi connectivity index (χ2n) is 5.40. The van der Waals surface area contributed by atoms with Gasteiger partial charge in [0.25, 0.3) is 0 Å². The average Bonchev–Trinajstić information content (AvgIpc) is 3.11. The first kappa shape index (κ1) is 15.9. The van der Waals surface area contributed by atoms with Gasteiger partial charge in [-0.25, -0.2) is 0 Å². The van der Waals surface area contributed by atoms with Crippen LogP contribution in [0.3, 0.4) is 0 Å². The molecule has 0 saturated heterocycles. The Morgan fingerprint density at radius 1 is 0.957 bits per heavy atom. The van der Waals surface area contributed by atoms with E-state index in [0.29, 0.717) is 6.61 Å². The van der Waals surface area contributed by atoms with Crippen molar-refractivity contribution in [2.45, 2.75) is 13.0 Å². The van der Waals surface area contributed by atoms with Crippen LogP contribution < -0.4 is 10.1 Å². The molecule has 1 N–H and O–H groups in total. The molecular formula is C20H20BrNO. The summed E-state index contributed by atoms with van der Waals surface area (Å²) >= 11 is 2.94. The summed E-state index contributed by atoms with van der Waals surface area (Å²) in [7, 11) is 0. The van der Waals surface area contributed by atoms with Crippen molar-refractivity contribution in [1.29, 1.82) is 0 Å². The second kappa shape index (κ2) is 7.51. The van der Waals surface area contributed by atoms with E-state index in [-0.39, 0.29) is 0 Å². The first-order chi connectivity index (χ1) is 11.4. The van der Waals surface area contributed by atoms with Crippen LogP contribution in [0, 0.1) is 0 Å². The molecule has 0 radical (unpaired) electrons. The molecule has 1 aliphatic rings. The topological polar surface area (TPSA) is 21.3 Å². The third-order valence-electron chi connectivity index (χ3n) is 4.05. The van der Waals surface area contributed by atoms with Crippen LogP contribution in [0.2, 0.25) is 0 Å². The number of anilines is 1. The fraction of sp³-hybridized carbons (Fsp3) is 0.200. The lowest BCUT2D eigenvalue weighted by atomic mass is 10.0. The van der Waals surface area contributed by atoms with Crippen molar-refractivity contribution in [3.63, 3.8) is 0 Å². The lowest BCUT2D eigenvalue weighted by molar-refractivity contribution is 0.310. The van der Waals surface area contributed by atoms with E-state index in [1.54, 1.807) is 0 Å². The van der Waals surface area contributed by atoms with Crippen molar-refractivity contribution in [2.75, 3.05) is 17.7 Å². The molecule has 0 unspecified atom stereocenters. The first-order valence-electron chi connectivity index (χ1n) is 7.75. The largest absolute Gasteiger partial charge is 0.488 e. The van der Waals surface area contributed by atoms with Crippen LogP contribution in [0.15, 0.2) is 60.7 Å². The summed E-state index contributed by atoms with van der Waals surface area (Å²) in [5, 5.41) is 5.96. The van der Waals surface area contributed by atoms with Crippen molar-refractivity contribution >= 4 is 32.4 Å². The van der Waals surface area contributed by atoms with E-state index in [4.69, 9.17) is 4.74 Å². The zero-order valence-corrected chi connectivity index (χ0v) is 14.8. The van der Waals surface area contributed by atoms with Gasteiger partial charge in [-0.2, -0.15) is 0 Å². The van der Waals surface area contributed by atoms with Crippen LogP contribution in [-0.2, 0) is 13.0 Å². The summed E-state index contributed by atoms with van der Waals surface area (Å²) in [4.78, 5) is 0. The van der Waals surface area contributed by atoms with Crippen molar-refractivity contribution in [1.82, 2.24) is 0 Å². The lowest BCUT2D eigenvalue weighted by Gasteiger charge is -2.13. The molecule has 0 spiro atoms. The number of alkyl halides is 1. The number of ether oxygens (including phenoxy) is 1. The van der Waals surface area contributed by atoms with Crippen molar-refractivity contribution in [3.05, 3.63) is 71.8 Å². The quantitative estimate of drug-likeness (QED) is 0.624. The number of hydrogen-bond acceptors (Lipinski definition) is 2. The van der Waals surface area contributed by atoms with Crippen LogP contribution in [0.4, 0.5) is 5.69 Å².